The largest absolute Gasteiger partial charge is 0.476 e. The van der Waals surface area contributed by atoms with Crippen LogP contribution in [0.25, 0.3) is 5.69 Å². The first-order valence-electron chi connectivity index (χ1n) is 4.12. The molecule has 1 N–H and O–H groups in total. The number of para-hydroxylation sites is 1. The lowest BCUT2D eigenvalue weighted by Gasteiger charge is -1.98. The van der Waals surface area contributed by atoms with Crippen LogP contribution in [0, 0.1) is 0 Å². The number of aromatic nitrogens is 2. The van der Waals surface area contributed by atoms with E-state index in [2.05, 4.69) is 5.10 Å². The van der Waals surface area contributed by atoms with Crippen LogP contribution in [-0.4, -0.2) is 20.9 Å². The summed E-state index contributed by atoms with van der Waals surface area (Å²) >= 11 is 0. The molecule has 2 aromatic rings. The first-order valence-corrected chi connectivity index (χ1v) is 4.12. The maximum Gasteiger partial charge on any atom is 0.356 e. The molecule has 14 heavy (non-hydrogen) atoms. The number of hydrogen-bond acceptors (Lipinski definition) is 2. The van der Waals surface area contributed by atoms with E-state index in [-0.39, 0.29) is 5.69 Å². The van der Waals surface area contributed by atoms with Crippen LogP contribution in [0.1, 0.15) is 10.5 Å². The first kappa shape index (κ1) is 8.50. The van der Waals surface area contributed by atoms with E-state index in [4.69, 9.17) is 5.11 Å². The summed E-state index contributed by atoms with van der Waals surface area (Å²) in [5, 5.41) is 12.6. The lowest BCUT2D eigenvalue weighted by Crippen LogP contribution is -2.00. The van der Waals surface area contributed by atoms with Gasteiger partial charge in [-0.25, -0.2) is 9.48 Å². The maximum atomic E-state index is 10.6. The zero-order chi connectivity index (χ0) is 9.97. The van der Waals surface area contributed by atoms with Gasteiger partial charge in [0.05, 0.1) is 5.69 Å². The molecule has 4 heteroatoms. The van der Waals surface area contributed by atoms with Gasteiger partial charge in [0.1, 0.15) is 0 Å². The van der Waals surface area contributed by atoms with Crippen LogP contribution in [0.5, 0.6) is 0 Å². The Balaban J connectivity index is 2.39. The average molecular weight is 188 g/mol. The fourth-order valence-corrected chi connectivity index (χ4v) is 1.16. The van der Waals surface area contributed by atoms with Gasteiger partial charge in [0.15, 0.2) is 5.69 Å². The van der Waals surface area contributed by atoms with Crippen molar-refractivity contribution in [3.05, 3.63) is 48.3 Å². The molecule has 0 atom stereocenters. The van der Waals surface area contributed by atoms with Crippen LogP contribution < -0.4 is 0 Å². The lowest BCUT2D eigenvalue weighted by molar-refractivity contribution is 0.0690. The molecule has 0 fully saturated rings. The van der Waals surface area contributed by atoms with E-state index >= 15 is 0 Å². The fraction of sp³-hybridized carbons (Fsp3) is 0. The Labute approximate surface area is 80.4 Å². The third-order valence-corrected chi connectivity index (χ3v) is 1.83. The normalized spacial score (nSPS) is 10.0. The highest BCUT2D eigenvalue weighted by Crippen LogP contribution is 2.06. The molecule has 1 aromatic heterocycles. The monoisotopic (exact) mass is 188 g/mol. The van der Waals surface area contributed by atoms with Crippen LogP contribution in [0.4, 0.5) is 0 Å². The summed E-state index contributed by atoms with van der Waals surface area (Å²) in [6.45, 7) is 0. The molecule has 0 radical (unpaired) electrons. The molecule has 0 aliphatic rings. The van der Waals surface area contributed by atoms with Crippen molar-refractivity contribution in [1.82, 2.24) is 9.78 Å². The summed E-state index contributed by atoms with van der Waals surface area (Å²) in [7, 11) is 0. The van der Waals surface area contributed by atoms with Gasteiger partial charge in [-0.3, -0.25) is 0 Å². The molecule has 0 saturated carbocycles. The van der Waals surface area contributed by atoms with Gasteiger partial charge in [0.25, 0.3) is 0 Å². The van der Waals surface area contributed by atoms with Crippen LogP contribution in [0.3, 0.4) is 0 Å². The van der Waals surface area contributed by atoms with E-state index in [9.17, 15) is 4.79 Å². The minimum absolute atomic E-state index is 0.0499. The van der Waals surface area contributed by atoms with E-state index in [1.54, 1.807) is 6.20 Å². The predicted molar refractivity (Wildman–Crippen MR) is 50.5 cm³/mol. The van der Waals surface area contributed by atoms with E-state index < -0.39 is 5.97 Å². The quantitative estimate of drug-likeness (QED) is 0.778. The van der Waals surface area contributed by atoms with Crippen molar-refractivity contribution in [2.45, 2.75) is 0 Å². The van der Waals surface area contributed by atoms with E-state index in [0.29, 0.717) is 0 Å². The number of carboxylic acids is 1. The summed E-state index contributed by atoms with van der Waals surface area (Å²) in [6, 6.07) is 10.8. The number of aromatic carboxylic acids is 1. The second-order valence-electron chi connectivity index (χ2n) is 2.79. The highest BCUT2D eigenvalue weighted by molar-refractivity contribution is 5.85. The number of carboxylic acid groups (broad SMARTS) is 1. The Morgan fingerprint density at radius 2 is 1.93 bits per heavy atom. The maximum absolute atomic E-state index is 10.6. The molecule has 0 unspecified atom stereocenters. The molecule has 0 amide bonds. The van der Waals surface area contributed by atoms with Crippen molar-refractivity contribution >= 4 is 5.97 Å². The van der Waals surface area contributed by atoms with Crippen LogP contribution in [0.2, 0.25) is 0 Å². The third kappa shape index (κ3) is 1.50. The van der Waals surface area contributed by atoms with Crippen LogP contribution in [-0.2, 0) is 0 Å². The molecule has 4 nitrogen and oxygen atoms in total. The van der Waals surface area contributed by atoms with Crippen molar-refractivity contribution in [1.29, 1.82) is 0 Å². The number of benzene rings is 1. The highest BCUT2D eigenvalue weighted by Gasteiger charge is 2.06. The van der Waals surface area contributed by atoms with Gasteiger partial charge in [-0.1, -0.05) is 18.2 Å². The standard InChI is InChI=1S/C10H8N2O2/c13-10(14)9-6-7-12(11-9)8-4-2-1-3-5-8/h1-7H,(H,13,14). The predicted octanol–water partition coefficient (Wildman–Crippen LogP) is 1.57. The van der Waals surface area contributed by atoms with Gasteiger partial charge in [-0.15, -0.1) is 0 Å². The number of rotatable bonds is 2. The molecule has 0 saturated heterocycles. The molecule has 0 aliphatic heterocycles. The Bertz CT molecular complexity index is 448. The van der Waals surface area contributed by atoms with Crippen molar-refractivity contribution < 1.29 is 9.90 Å². The summed E-state index contributed by atoms with van der Waals surface area (Å²) in [6.07, 6.45) is 1.62. The van der Waals surface area contributed by atoms with Gasteiger partial charge in [-0.05, 0) is 18.2 Å². The molecular weight excluding hydrogens is 180 g/mol. The van der Waals surface area contributed by atoms with Gasteiger partial charge in [-0.2, -0.15) is 5.10 Å². The zero-order valence-corrected chi connectivity index (χ0v) is 7.29. The molecule has 70 valence electrons. The fourth-order valence-electron chi connectivity index (χ4n) is 1.16. The molecule has 1 aromatic carbocycles. The van der Waals surface area contributed by atoms with E-state index in [1.165, 1.54) is 10.7 Å². The van der Waals surface area contributed by atoms with E-state index in [1.807, 2.05) is 30.3 Å². The summed E-state index contributed by atoms with van der Waals surface area (Å²) in [4.78, 5) is 10.6. The van der Waals surface area contributed by atoms with Gasteiger partial charge >= 0.3 is 5.97 Å². The van der Waals surface area contributed by atoms with Crippen LogP contribution in [0.15, 0.2) is 42.6 Å². The second-order valence-corrected chi connectivity index (χ2v) is 2.79. The Hall–Kier alpha value is -2.10. The molecule has 0 spiro atoms. The third-order valence-electron chi connectivity index (χ3n) is 1.83. The Morgan fingerprint density at radius 3 is 2.50 bits per heavy atom. The number of nitrogens with zero attached hydrogens (tertiary/aromatic N) is 2. The highest BCUT2D eigenvalue weighted by atomic mass is 16.4. The first-order chi connectivity index (χ1) is 6.77. The molecule has 0 bridgehead atoms. The minimum atomic E-state index is -1.01. The van der Waals surface area contributed by atoms with Gasteiger partial charge < -0.3 is 5.11 Å². The molecule has 1 heterocycles. The number of carbonyl (C=O) groups is 1. The summed E-state index contributed by atoms with van der Waals surface area (Å²) < 4.78 is 1.53. The topological polar surface area (TPSA) is 55.1 Å². The van der Waals surface area contributed by atoms with Gasteiger partial charge in [0.2, 0.25) is 0 Å². The smallest absolute Gasteiger partial charge is 0.356 e. The Morgan fingerprint density at radius 1 is 1.21 bits per heavy atom. The van der Waals surface area contributed by atoms with Crippen LogP contribution >= 0.6 is 0 Å². The zero-order valence-electron chi connectivity index (χ0n) is 7.29. The summed E-state index contributed by atoms with van der Waals surface area (Å²) in [5.41, 5.74) is 0.897. The van der Waals surface area contributed by atoms with Crippen molar-refractivity contribution in [2.75, 3.05) is 0 Å². The van der Waals surface area contributed by atoms with Crippen molar-refractivity contribution in [2.24, 2.45) is 0 Å². The summed E-state index contributed by atoms with van der Waals surface area (Å²) in [5.74, 6) is -1.01. The Kier molecular flexibility index (Phi) is 2.02. The van der Waals surface area contributed by atoms with Gasteiger partial charge in [0, 0.05) is 6.20 Å². The number of hydrogen-bond donors (Lipinski definition) is 1. The molecule has 2 rings (SSSR count). The van der Waals surface area contributed by atoms with E-state index in [0.717, 1.165) is 5.69 Å². The van der Waals surface area contributed by atoms with Crippen molar-refractivity contribution in [3.63, 3.8) is 0 Å². The lowest BCUT2D eigenvalue weighted by atomic mass is 10.3. The second kappa shape index (κ2) is 3.33. The molecular formula is C10H8N2O2. The average Bonchev–Trinajstić information content (AvgIpc) is 2.68. The SMILES string of the molecule is O=C(O)c1ccn(-c2ccccc2)n1. The van der Waals surface area contributed by atoms with Crippen molar-refractivity contribution in [3.8, 4) is 5.69 Å². The molecule has 0 aliphatic carbocycles. The minimum Gasteiger partial charge on any atom is -0.476 e.